The maximum Gasteiger partial charge on any atom is 0.326 e. The molecule has 1 heterocycles. The highest BCUT2D eigenvalue weighted by Gasteiger charge is 2.23. The average molecular weight is 341 g/mol. The van der Waals surface area contributed by atoms with Crippen LogP contribution in [-0.4, -0.2) is 32.8 Å². The second kappa shape index (κ2) is 8.82. The van der Waals surface area contributed by atoms with Gasteiger partial charge in [-0.2, -0.15) is 5.10 Å². The number of aromatic nitrogens is 2. The van der Waals surface area contributed by atoms with E-state index in [1.165, 1.54) is 6.20 Å². The van der Waals surface area contributed by atoms with E-state index in [9.17, 15) is 14.7 Å². The molecule has 0 saturated heterocycles. The molecule has 6 nitrogen and oxygen atoms in total. The second-order valence-electron chi connectivity index (χ2n) is 5.67. The highest BCUT2D eigenvalue weighted by molar-refractivity contribution is 5.97. The van der Waals surface area contributed by atoms with Gasteiger partial charge in [0.2, 0.25) is 0 Å². The first-order valence-corrected chi connectivity index (χ1v) is 8.35. The first kappa shape index (κ1) is 18.4. The van der Waals surface area contributed by atoms with Gasteiger partial charge in [0.1, 0.15) is 6.04 Å². The van der Waals surface area contributed by atoms with Crippen molar-refractivity contribution in [2.45, 2.75) is 39.2 Å². The molecule has 0 bridgehead atoms. The minimum Gasteiger partial charge on any atom is -0.480 e. The third-order valence-corrected chi connectivity index (χ3v) is 3.81. The molecule has 6 heteroatoms. The molecule has 0 fully saturated rings. The Labute approximate surface area is 147 Å². The first-order valence-electron chi connectivity index (χ1n) is 8.35. The van der Waals surface area contributed by atoms with E-state index in [1.807, 2.05) is 44.2 Å². The number of carbonyl (C=O) groups is 2. The number of nitrogens with zero attached hydrogens (tertiary/aromatic N) is 2. The summed E-state index contributed by atoms with van der Waals surface area (Å²) in [6, 6.07) is 8.60. The van der Waals surface area contributed by atoms with Crippen LogP contribution in [0.2, 0.25) is 0 Å². The number of carboxylic acid groups (broad SMARTS) is 1. The lowest BCUT2D eigenvalue weighted by Gasteiger charge is -2.13. The maximum absolute atomic E-state index is 12.6. The van der Waals surface area contributed by atoms with Crippen LogP contribution in [-0.2, 0) is 11.2 Å². The number of amides is 1. The summed E-state index contributed by atoms with van der Waals surface area (Å²) in [7, 11) is 0. The van der Waals surface area contributed by atoms with E-state index in [0.29, 0.717) is 12.0 Å². The molecule has 0 spiro atoms. The molecule has 1 aromatic carbocycles. The van der Waals surface area contributed by atoms with E-state index >= 15 is 0 Å². The topological polar surface area (TPSA) is 84.2 Å². The predicted octanol–water partition coefficient (Wildman–Crippen LogP) is 2.97. The highest BCUT2D eigenvalue weighted by atomic mass is 16.4. The third kappa shape index (κ3) is 4.56. The summed E-state index contributed by atoms with van der Waals surface area (Å²) in [5.41, 5.74) is 2.06. The lowest BCUT2D eigenvalue weighted by atomic mass is 10.1. The fourth-order valence-corrected chi connectivity index (χ4v) is 2.56. The van der Waals surface area contributed by atoms with Gasteiger partial charge in [0.15, 0.2) is 0 Å². The molecule has 0 radical (unpaired) electrons. The van der Waals surface area contributed by atoms with Gasteiger partial charge >= 0.3 is 5.97 Å². The van der Waals surface area contributed by atoms with Crippen molar-refractivity contribution in [3.05, 3.63) is 59.9 Å². The lowest BCUT2D eigenvalue weighted by Crippen LogP contribution is -2.40. The summed E-state index contributed by atoms with van der Waals surface area (Å²) in [5, 5.41) is 16.2. The molecule has 132 valence electrons. The summed E-state index contributed by atoms with van der Waals surface area (Å²) in [6.45, 7) is 3.83. The van der Waals surface area contributed by atoms with Crippen LogP contribution in [0.3, 0.4) is 0 Å². The summed E-state index contributed by atoms with van der Waals surface area (Å²) in [5.74, 6) is -1.47. The first-order chi connectivity index (χ1) is 12.1. The van der Waals surface area contributed by atoms with Crippen LogP contribution in [0.15, 0.2) is 48.7 Å². The fraction of sp³-hybridized carbons (Fsp3) is 0.316. The number of carboxylic acids is 1. The van der Waals surface area contributed by atoms with Crippen molar-refractivity contribution >= 4 is 11.9 Å². The Bertz CT molecular complexity index is 751. The van der Waals surface area contributed by atoms with Gasteiger partial charge in [-0.15, -0.1) is 0 Å². The number of benzene rings is 1. The van der Waals surface area contributed by atoms with Crippen molar-refractivity contribution in [1.29, 1.82) is 0 Å². The van der Waals surface area contributed by atoms with Crippen molar-refractivity contribution < 1.29 is 14.7 Å². The summed E-state index contributed by atoms with van der Waals surface area (Å²) >= 11 is 0. The number of para-hydroxylation sites is 1. The fourth-order valence-electron chi connectivity index (χ4n) is 2.56. The monoisotopic (exact) mass is 341 g/mol. The molecule has 1 unspecified atom stereocenters. The largest absolute Gasteiger partial charge is 0.480 e. The minimum absolute atomic E-state index is 0.244. The number of allylic oxidation sites excluding steroid dienone is 1. The Morgan fingerprint density at radius 2 is 2.04 bits per heavy atom. The Morgan fingerprint density at radius 3 is 2.64 bits per heavy atom. The van der Waals surface area contributed by atoms with E-state index in [2.05, 4.69) is 10.4 Å². The summed E-state index contributed by atoms with van der Waals surface area (Å²) in [4.78, 5) is 24.0. The molecule has 0 aliphatic heterocycles. The Kier molecular flexibility index (Phi) is 6.51. The van der Waals surface area contributed by atoms with E-state index in [0.717, 1.165) is 17.8 Å². The number of aliphatic carboxylic acids is 1. The molecule has 0 aliphatic rings. The van der Waals surface area contributed by atoms with Crippen LogP contribution in [0.1, 0.15) is 42.7 Å². The van der Waals surface area contributed by atoms with Crippen LogP contribution in [0.5, 0.6) is 0 Å². The molecule has 1 amide bonds. The van der Waals surface area contributed by atoms with Gasteiger partial charge in [-0.05, 0) is 31.9 Å². The van der Waals surface area contributed by atoms with Gasteiger partial charge in [-0.1, -0.05) is 43.7 Å². The quantitative estimate of drug-likeness (QED) is 0.723. The molecule has 1 atom stereocenters. The third-order valence-electron chi connectivity index (χ3n) is 3.81. The number of hydrogen-bond acceptors (Lipinski definition) is 3. The Hall–Kier alpha value is -2.89. The van der Waals surface area contributed by atoms with Gasteiger partial charge in [0.05, 0.1) is 23.1 Å². The van der Waals surface area contributed by atoms with Crippen molar-refractivity contribution in [2.24, 2.45) is 0 Å². The Morgan fingerprint density at radius 1 is 1.32 bits per heavy atom. The molecule has 2 aromatic rings. The van der Waals surface area contributed by atoms with Crippen LogP contribution in [0, 0.1) is 0 Å². The number of hydrogen-bond donors (Lipinski definition) is 2. The SMILES string of the molecule is C/C=C/CC(NC(=O)c1cnn(-c2ccccc2)c1CCC)C(=O)O. The highest BCUT2D eigenvalue weighted by Crippen LogP contribution is 2.17. The van der Waals surface area contributed by atoms with Crippen molar-refractivity contribution in [3.8, 4) is 5.69 Å². The molecule has 0 aliphatic carbocycles. The second-order valence-corrected chi connectivity index (χ2v) is 5.67. The van der Waals surface area contributed by atoms with Crippen LogP contribution >= 0.6 is 0 Å². The molecular weight excluding hydrogens is 318 g/mol. The van der Waals surface area contributed by atoms with Crippen molar-refractivity contribution in [3.63, 3.8) is 0 Å². The molecule has 25 heavy (non-hydrogen) atoms. The van der Waals surface area contributed by atoms with E-state index in [1.54, 1.807) is 16.8 Å². The van der Waals surface area contributed by atoms with Gasteiger partial charge in [0, 0.05) is 0 Å². The Balaban J connectivity index is 2.30. The number of nitrogens with one attached hydrogen (secondary N) is 1. The van der Waals surface area contributed by atoms with Gasteiger partial charge in [-0.3, -0.25) is 4.79 Å². The van der Waals surface area contributed by atoms with Gasteiger partial charge in [0.25, 0.3) is 5.91 Å². The average Bonchev–Trinajstić information content (AvgIpc) is 3.03. The van der Waals surface area contributed by atoms with Gasteiger partial charge in [-0.25, -0.2) is 9.48 Å². The molecule has 1 aromatic heterocycles. The van der Waals surface area contributed by atoms with Crippen LogP contribution in [0.4, 0.5) is 0 Å². The lowest BCUT2D eigenvalue weighted by molar-refractivity contribution is -0.139. The predicted molar refractivity (Wildman–Crippen MR) is 95.9 cm³/mol. The van der Waals surface area contributed by atoms with Crippen molar-refractivity contribution in [2.75, 3.05) is 0 Å². The zero-order valence-electron chi connectivity index (χ0n) is 14.5. The normalized spacial score (nSPS) is 12.2. The molecule has 2 rings (SSSR count). The maximum atomic E-state index is 12.6. The van der Waals surface area contributed by atoms with Crippen LogP contribution < -0.4 is 5.32 Å². The van der Waals surface area contributed by atoms with Gasteiger partial charge < -0.3 is 10.4 Å². The van der Waals surface area contributed by atoms with E-state index < -0.39 is 17.9 Å². The van der Waals surface area contributed by atoms with E-state index in [4.69, 9.17) is 0 Å². The molecular formula is C19H23N3O3. The zero-order chi connectivity index (χ0) is 18.2. The smallest absolute Gasteiger partial charge is 0.326 e. The molecule has 2 N–H and O–H groups in total. The van der Waals surface area contributed by atoms with Crippen molar-refractivity contribution in [1.82, 2.24) is 15.1 Å². The minimum atomic E-state index is -1.06. The zero-order valence-corrected chi connectivity index (χ0v) is 14.5. The summed E-state index contributed by atoms with van der Waals surface area (Å²) < 4.78 is 1.74. The molecule has 0 saturated carbocycles. The van der Waals surface area contributed by atoms with Crippen LogP contribution in [0.25, 0.3) is 5.69 Å². The standard InChI is InChI=1S/C19H23N3O3/c1-3-5-12-16(19(24)25)21-18(23)15-13-20-22(17(15)9-4-2)14-10-7-6-8-11-14/h3,5-8,10-11,13,16H,4,9,12H2,1-2H3,(H,21,23)(H,24,25)/b5-3+. The van der Waals surface area contributed by atoms with E-state index in [-0.39, 0.29) is 6.42 Å². The number of rotatable bonds is 8. The number of carbonyl (C=O) groups excluding carboxylic acids is 1. The summed E-state index contributed by atoms with van der Waals surface area (Å²) in [6.07, 6.45) is 6.75.